The van der Waals surface area contributed by atoms with Crippen LogP contribution >= 0.6 is 22.9 Å². The van der Waals surface area contributed by atoms with Gasteiger partial charge >= 0.3 is 0 Å². The van der Waals surface area contributed by atoms with Crippen molar-refractivity contribution in [3.63, 3.8) is 0 Å². The van der Waals surface area contributed by atoms with E-state index in [2.05, 4.69) is 5.32 Å². The molecule has 0 aliphatic heterocycles. The van der Waals surface area contributed by atoms with Gasteiger partial charge in [-0.15, -0.1) is 11.3 Å². The number of rotatable bonds is 4. The van der Waals surface area contributed by atoms with Crippen molar-refractivity contribution in [2.75, 3.05) is 12.3 Å². The number of thiophene rings is 1. The summed E-state index contributed by atoms with van der Waals surface area (Å²) in [7, 11) is 0. The number of carbonyl (C=O) groups is 1. The zero-order chi connectivity index (χ0) is 13.0. The number of hydrogen-bond donors (Lipinski definition) is 2. The molecule has 0 aliphatic carbocycles. The average molecular weight is 281 g/mol. The zero-order valence-corrected chi connectivity index (χ0v) is 11.2. The molecule has 0 spiro atoms. The largest absolute Gasteiger partial charge is 0.398 e. The molecule has 0 saturated carbocycles. The highest BCUT2D eigenvalue weighted by atomic mass is 35.5. The van der Waals surface area contributed by atoms with Gasteiger partial charge in [-0.05, 0) is 30.0 Å². The standard InChI is InChI=1S/C13H13ClN2OS/c14-12-10(4-1-5-11(12)15)13(17)16-7-6-9-3-2-8-18-9/h1-5,8H,6-7,15H2,(H,16,17). The van der Waals surface area contributed by atoms with Crippen molar-refractivity contribution in [1.29, 1.82) is 0 Å². The van der Waals surface area contributed by atoms with Gasteiger partial charge in [-0.25, -0.2) is 0 Å². The van der Waals surface area contributed by atoms with E-state index in [9.17, 15) is 4.79 Å². The second kappa shape index (κ2) is 5.89. The van der Waals surface area contributed by atoms with Crippen molar-refractivity contribution >= 4 is 34.5 Å². The fourth-order valence-corrected chi connectivity index (χ4v) is 2.50. The molecule has 0 bridgehead atoms. The van der Waals surface area contributed by atoms with Crippen molar-refractivity contribution in [3.8, 4) is 0 Å². The third-order valence-corrected chi connectivity index (χ3v) is 3.87. The molecule has 2 aromatic rings. The van der Waals surface area contributed by atoms with Gasteiger partial charge in [0.25, 0.3) is 5.91 Å². The summed E-state index contributed by atoms with van der Waals surface area (Å²) in [6.07, 6.45) is 0.823. The smallest absolute Gasteiger partial charge is 0.252 e. The molecule has 0 saturated heterocycles. The van der Waals surface area contributed by atoms with Crippen LogP contribution in [0.4, 0.5) is 5.69 Å². The Bertz CT molecular complexity index is 540. The van der Waals surface area contributed by atoms with Gasteiger partial charge in [0, 0.05) is 11.4 Å². The Morgan fingerprint density at radius 3 is 2.89 bits per heavy atom. The quantitative estimate of drug-likeness (QED) is 0.846. The van der Waals surface area contributed by atoms with Gasteiger partial charge in [0.05, 0.1) is 16.3 Å². The van der Waals surface area contributed by atoms with Crippen LogP contribution in [0.2, 0.25) is 5.02 Å². The van der Waals surface area contributed by atoms with Crippen molar-refractivity contribution in [2.24, 2.45) is 0 Å². The minimum Gasteiger partial charge on any atom is -0.398 e. The fraction of sp³-hybridized carbons (Fsp3) is 0.154. The minimum atomic E-state index is -0.191. The monoisotopic (exact) mass is 280 g/mol. The van der Waals surface area contributed by atoms with Crippen molar-refractivity contribution in [3.05, 3.63) is 51.2 Å². The van der Waals surface area contributed by atoms with Gasteiger partial charge < -0.3 is 11.1 Å². The van der Waals surface area contributed by atoms with Crippen LogP contribution in [0.1, 0.15) is 15.2 Å². The second-order valence-corrected chi connectivity index (χ2v) is 5.20. The van der Waals surface area contributed by atoms with Crippen LogP contribution in [0.5, 0.6) is 0 Å². The number of halogens is 1. The third-order valence-electron chi connectivity index (χ3n) is 2.51. The fourth-order valence-electron chi connectivity index (χ4n) is 1.57. The van der Waals surface area contributed by atoms with Gasteiger partial charge in [-0.1, -0.05) is 23.7 Å². The van der Waals surface area contributed by atoms with Crippen LogP contribution in [-0.4, -0.2) is 12.5 Å². The van der Waals surface area contributed by atoms with E-state index < -0.39 is 0 Å². The molecule has 5 heteroatoms. The van der Waals surface area contributed by atoms with E-state index in [4.69, 9.17) is 17.3 Å². The van der Waals surface area contributed by atoms with E-state index in [1.54, 1.807) is 29.5 Å². The summed E-state index contributed by atoms with van der Waals surface area (Å²) in [4.78, 5) is 13.1. The summed E-state index contributed by atoms with van der Waals surface area (Å²) in [6, 6.07) is 9.10. The summed E-state index contributed by atoms with van der Waals surface area (Å²) < 4.78 is 0. The predicted molar refractivity (Wildman–Crippen MR) is 76.2 cm³/mol. The lowest BCUT2D eigenvalue weighted by Gasteiger charge is -2.07. The van der Waals surface area contributed by atoms with Crippen LogP contribution in [0.3, 0.4) is 0 Å². The molecular weight excluding hydrogens is 268 g/mol. The van der Waals surface area contributed by atoms with E-state index in [-0.39, 0.29) is 5.91 Å². The SMILES string of the molecule is Nc1cccc(C(=O)NCCc2cccs2)c1Cl. The van der Waals surface area contributed by atoms with Crippen LogP contribution in [-0.2, 0) is 6.42 Å². The zero-order valence-electron chi connectivity index (χ0n) is 9.65. The second-order valence-electron chi connectivity index (χ2n) is 3.79. The van der Waals surface area contributed by atoms with E-state index in [0.29, 0.717) is 22.8 Å². The Kier molecular flexibility index (Phi) is 4.23. The van der Waals surface area contributed by atoms with Crippen molar-refractivity contribution in [1.82, 2.24) is 5.32 Å². The molecule has 1 aromatic carbocycles. The highest BCUT2D eigenvalue weighted by Crippen LogP contribution is 2.22. The summed E-state index contributed by atoms with van der Waals surface area (Å²) in [5.74, 6) is -0.191. The van der Waals surface area contributed by atoms with E-state index in [1.165, 1.54) is 4.88 Å². The first-order valence-corrected chi connectivity index (χ1v) is 6.79. The van der Waals surface area contributed by atoms with Crippen molar-refractivity contribution in [2.45, 2.75) is 6.42 Å². The highest BCUT2D eigenvalue weighted by molar-refractivity contribution is 7.09. The molecule has 1 aromatic heterocycles. The highest BCUT2D eigenvalue weighted by Gasteiger charge is 2.11. The van der Waals surface area contributed by atoms with Crippen LogP contribution in [0.15, 0.2) is 35.7 Å². The number of carbonyl (C=O) groups excluding carboxylic acids is 1. The number of nitrogens with two attached hydrogens (primary N) is 1. The molecule has 94 valence electrons. The molecule has 3 N–H and O–H groups in total. The maximum absolute atomic E-state index is 11.9. The molecule has 0 fully saturated rings. The first-order valence-electron chi connectivity index (χ1n) is 5.53. The van der Waals surface area contributed by atoms with Gasteiger partial charge in [-0.2, -0.15) is 0 Å². The maximum Gasteiger partial charge on any atom is 0.252 e. The molecule has 18 heavy (non-hydrogen) atoms. The van der Waals surface area contributed by atoms with Crippen molar-refractivity contribution < 1.29 is 4.79 Å². The summed E-state index contributed by atoms with van der Waals surface area (Å²) in [5, 5.41) is 5.16. The third kappa shape index (κ3) is 3.03. The Morgan fingerprint density at radius 2 is 2.17 bits per heavy atom. The number of nitrogens with one attached hydrogen (secondary N) is 1. The van der Waals surface area contributed by atoms with Crippen LogP contribution in [0.25, 0.3) is 0 Å². The first kappa shape index (κ1) is 12.9. The molecule has 0 aliphatic rings. The number of benzene rings is 1. The maximum atomic E-state index is 11.9. The number of hydrogen-bond acceptors (Lipinski definition) is 3. The lowest BCUT2D eigenvalue weighted by molar-refractivity contribution is 0.0954. The molecular formula is C13H13ClN2OS. The number of amides is 1. The average Bonchev–Trinajstić information content (AvgIpc) is 2.85. The minimum absolute atomic E-state index is 0.191. The van der Waals surface area contributed by atoms with Crippen LogP contribution < -0.4 is 11.1 Å². The predicted octanol–water partition coefficient (Wildman–Crippen LogP) is 2.96. The molecule has 0 radical (unpaired) electrons. The lowest BCUT2D eigenvalue weighted by atomic mass is 10.2. The molecule has 1 amide bonds. The normalized spacial score (nSPS) is 10.3. The number of anilines is 1. The number of nitrogen functional groups attached to an aromatic ring is 1. The summed E-state index contributed by atoms with van der Waals surface area (Å²) in [5.41, 5.74) is 6.49. The molecule has 3 nitrogen and oxygen atoms in total. The van der Waals surface area contributed by atoms with Gasteiger partial charge in [0.2, 0.25) is 0 Å². The Balaban J connectivity index is 1.93. The molecule has 0 atom stereocenters. The first-order chi connectivity index (χ1) is 8.68. The summed E-state index contributed by atoms with van der Waals surface area (Å²) in [6.45, 7) is 0.588. The Labute approximate surface area is 115 Å². The molecule has 0 unspecified atom stereocenters. The lowest BCUT2D eigenvalue weighted by Crippen LogP contribution is -2.25. The summed E-state index contributed by atoms with van der Waals surface area (Å²) >= 11 is 7.66. The van der Waals surface area contributed by atoms with E-state index in [0.717, 1.165) is 6.42 Å². The topological polar surface area (TPSA) is 55.1 Å². The van der Waals surface area contributed by atoms with Gasteiger partial charge in [-0.3, -0.25) is 4.79 Å². The molecule has 1 heterocycles. The van der Waals surface area contributed by atoms with Crippen LogP contribution in [0, 0.1) is 0 Å². The molecule has 2 rings (SSSR count). The Morgan fingerprint density at radius 1 is 1.33 bits per heavy atom. The van der Waals surface area contributed by atoms with E-state index >= 15 is 0 Å². The Hall–Kier alpha value is -1.52. The van der Waals surface area contributed by atoms with Gasteiger partial charge in [0.1, 0.15) is 0 Å². The van der Waals surface area contributed by atoms with Gasteiger partial charge in [0.15, 0.2) is 0 Å². The van der Waals surface area contributed by atoms with E-state index in [1.807, 2.05) is 17.5 Å².